The molecular weight excluding hydrogens is 302 g/mol. The molecule has 2 saturated heterocycles. The first-order valence-corrected chi connectivity index (χ1v) is 9.17. The van der Waals surface area contributed by atoms with Crippen molar-refractivity contribution in [2.24, 2.45) is 5.92 Å². The zero-order chi connectivity index (χ0) is 16.6. The van der Waals surface area contributed by atoms with E-state index in [0.29, 0.717) is 12.3 Å². The molecule has 3 fully saturated rings. The van der Waals surface area contributed by atoms with Gasteiger partial charge >= 0.3 is 0 Å². The first kappa shape index (κ1) is 15.8. The number of anilines is 1. The largest absolute Gasteiger partial charge is 0.342 e. The van der Waals surface area contributed by atoms with E-state index in [-0.39, 0.29) is 5.54 Å². The molecule has 0 radical (unpaired) electrons. The molecule has 0 bridgehead atoms. The standard InChI is InChI=1S/C18H27N5O/c1-21-11-12-23(17-19-8-2-9-20-17)14-18(21)6-5-16(24)22(10-7-18)13-15-3-4-15/h2,8-9,15H,3-7,10-14H2,1H3/t18-/m1/s1. The van der Waals surface area contributed by atoms with Crippen LogP contribution in [0.3, 0.4) is 0 Å². The fourth-order valence-electron chi connectivity index (χ4n) is 4.12. The highest BCUT2D eigenvalue weighted by Gasteiger charge is 2.43. The van der Waals surface area contributed by atoms with Crippen LogP contribution < -0.4 is 4.90 Å². The number of nitrogens with zero attached hydrogens (tertiary/aromatic N) is 5. The number of amides is 1. The molecule has 0 unspecified atom stereocenters. The smallest absolute Gasteiger partial charge is 0.225 e. The van der Waals surface area contributed by atoms with E-state index in [4.69, 9.17) is 0 Å². The number of rotatable bonds is 3. The summed E-state index contributed by atoms with van der Waals surface area (Å²) in [6.45, 7) is 4.72. The molecule has 1 saturated carbocycles. The molecule has 1 amide bonds. The summed E-state index contributed by atoms with van der Waals surface area (Å²) in [6, 6.07) is 1.86. The van der Waals surface area contributed by atoms with E-state index < -0.39 is 0 Å². The van der Waals surface area contributed by atoms with Crippen LogP contribution in [0.25, 0.3) is 0 Å². The molecule has 130 valence electrons. The van der Waals surface area contributed by atoms with Crippen molar-refractivity contribution in [1.82, 2.24) is 19.8 Å². The summed E-state index contributed by atoms with van der Waals surface area (Å²) in [5.74, 6) is 1.93. The molecular formula is C18H27N5O. The number of likely N-dealkylation sites (tertiary alicyclic amines) is 1. The summed E-state index contributed by atoms with van der Waals surface area (Å²) < 4.78 is 0. The number of carbonyl (C=O) groups excluding carboxylic acids is 1. The summed E-state index contributed by atoms with van der Waals surface area (Å²) in [5.41, 5.74) is 0.0609. The quantitative estimate of drug-likeness (QED) is 0.839. The fourth-order valence-corrected chi connectivity index (χ4v) is 4.12. The predicted octanol–water partition coefficient (Wildman–Crippen LogP) is 1.39. The van der Waals surface area contributed by atoms with Crippen molar-refractivity contribution >= 4 is 11.9 Å². The maximum absolute atomic E-state index is 12.5. The maximum Gasteiger partial charge on any atom is 0.225 e. The maximum atomic E-state index is 12.5. The van der Waals surface area contributed by atoms with Gasteiger partial charge < -0.3 is 9.80 Å². The Morgan fingerprint density at radius 3 is 2.71 bits per heavy atom. The Kier molecular flexibility index (Phi) is 4.16. The van der Waals surface area contributed by atoms with E-state index in [1.54, 1.807) is 12.4 Å². The molecule has 1 aromatic heterocycles. The molecule has 0 aromatic carbocycles. The summed E-state index contributed by atoms with van der Waals surface area (Å²) in [5, 5.41) is 0. The lowest BCUT2D eigenvalue weighted by Crippen LogP contribution is -2.61. The Morgan fingerprint density at radius 1 is 1.17 bits per heavy atom. The number of aromatic nitrogens is 2. The van der Waals surface area contributed by atoms with E-state index in [9.17, 15) is 4.79 Å². The number of piperazine rings is 1. The van der Waals surface area contributed by atoms with Crippen LogP contribution in [-0.2, 0) is 4.79 Å². The van der Waals surface area contributed by atoms with Gasteiger partial charge in [-0.05, 0) is 44.7 Å². The van der Waals surface area contributed by atoms with Crippen LogP contribution >= 0.6 is 0 Å². The molecule has 4 rings (SSSR count). The lowest BCUT2D eigenvalue weighted by molar-refractivity contribution is -0.130. The van der Waals surface area contributed by atoms with Gasteiger partial charge in [-0.2, -0.15) is 0 Å². The topological polar surface area (TPSA) is 52.6 Å². The molecule has 1 aliphatic carbocycles. The predicted molar refractivity (Wildman–Crippen MR) is 92.8 cm³/mol. The van der Waals surface area contributed by atoms with Crippen LogP contribution in [0.15, 0.2) is 18.5 Å². The number of likely N-dealkylation sites (N-methyl/N-ethyl adjacent to an activating group) is 1. The van der Waals surface area contributed by atoms with E-state index >= 15 is 0 Å². The second kappa shape index (κ2) is 6.31. The summed E-state index contributed by atoms with van der Waals surface area (Å²) >= 11 is 0. The molecule has 1 atom stereocenters. The highest BCUT2D eigenvalue weighted by atomic mass is 16.2. The van der Waals surface area contributed by atoms with Crippen molar-refractivity contribution in [3.05, 3.63) is 18.5 Å². The number of carbonyl (C=O) groups is 1. The SMILES string of the molecule is CN1CCN(c2ncccn2)C[C@]12CCC(=O)N(CC1CC1)CC2. The van der Waals surface area contributed by atoms with Crippen LogP contribution in [0, 0.1) is 5.92 Å². The Labute approximate surface area is 143 Å². The van der Waals surface area contributed by atoms with Crippen molar-refractivity contribution < 1.29 is 4.79 Å². The lowest BCUT2D eigenvalue weighted by atomic mass is 9.86. The minimum Gasteiger partial charge on any atom is -0.342 e. The fraction of sp³-hybridized carbons (Fsp3) is 0.722. The first-order valence-electron chi connectivity index (χ1n) is 9.17. The Balaban J connectivity index is 1.50. The molecule has 1 aromatic rings. The van der Waals surface area contributed by atoms with E-state index in [2.05, 4.69) is 31.7 Å². The molecule has 1 spiro atoms. The van der Waals surface area contributed by atoms with Crippen molar-refractivity contribution in [2.75, 3.05) is 44.7 Å². The third kappa shape index (κ3) is 3.11. The van der Waals surface area contributed by atoms with Gasteiger partial charge in [-0.25, -0.2) is 9.97 Å². The molecule has 3 aliphatic rings. The number of hydrogen-bond acceptors (Lipinski definition) is 5. The number of hydrogen-bond donors (Lipinski definition) is 0. The van der Waals surface area contributed by atoms with Crippen molar-refractivity contribution in [1.29, 1.82) is 0 Å². The first-order chi connectivity index (χ1) is 11.7. The van der Waals surface area contributed by atoms with Crippen LogP contribution in [0.5, 0.6) is 0 Å². The molecule has 6 nitrogen and oxygen atoms in total. The van der Waals surface area contributed by atoms with Gasteiger partial charge in [-0.1, -0.05) is 0 Å². The van der Waals surface area contributed by atoms with E-state index in [1.807, 2.05) is 6.07 Å². The average Bonchev–Trinajstić information content (AvgIpc) is 3.44. The summed E-state index contributed by atoms with van der Waals surface area (Å²) in [7, 11) is 2.21. The molecule has 0 N–H and O–H groups in total. The minimum absolute atomic E-state index is 0.0609. The summed E-state index contributed by atoms with van der Waals surface area (Å²) in [6.07, 6.45) is 8.86. The zero-order valence-electron chi connectivity index (χ0n) is 14.5. The van der Waals surface area contributed by atoms with E-state index in [0.717, 1.165) is 57.4 Å². The van der Waals surface area contributed by atoms with Crippen LogP contribution in [0.2, 0.25) is 0 Å². The third-order valence-corrected chi connectivity index (χ3v) is 6.01. The highest BCUT2D eigenvalue weighted by molar-refractivity contribution is 5.76. The van der Waals surface area contributed by atoms with Crippen LogP contribution in [0.4, 0.5) is 5.95 Å². The molecule has 24 heavy (non-hydrogen) atoms. The van der Waals surface area contributed by atoms with E-state index in [1.165, 1.54) is 12.8 Å². The van der Waals surface area contributed by atoms with Gasteiger partial charge in [0.05, 0.1) is 0 Å². The van der Waals surface area contributed by atoms with Gasteiger partial charge in [0.1, 0.15) is 0 Å². The Hall–Kier alpha value is -1.69. The van der Waals surface area contributed by atoms with Gasteiger partial charge in [-0.3, -0.25) is 9.69 Å². The summed E-state index contributed by atoms with van der Waals surface area (Å²) in [4.78, 5) is 28.3. The van der Waals surface area contributed by atoms with Crippen molar-refractivity contribution in [3.63, 3.8) is 0 Å². The van der Waals surface area contributed by atoms with Gasteiger partial charge in [-0.15, -0.1) is 0 Å². The van der Waals surface area contributed by atoms with Crippen LogP contribution in [0.1, 0.15) is 32.1 Å². The third-order valence-electron chi connectivity index (χ3n) is 6.01. The Morgan fingerprint density at radius 2 is 1.96 bits per heavy atom. The van der Waals surface area contributed by atoms with Gasteiger partial charge in [0.2, 0.25) is 11.9 Å². The average molecular weight is 329 g/mol. The van der Waals surface area contributed by atoms with Crippen molar-refractivity contribution in [3.8, 4) is 0 Å². The second-order valence-corrected chi connectivity index (χ2v) is 7.65. The minimum atomic E-state index is 0.0609. The zero-order valence-corrected chi connectivity index (χ0v) is 14.5. The second-order valence-electron chi connectivity index (χ2n) is 7.65. The Bertz CT molecular complexity index is 590. The van der Waals surface area contributed by atoms with Gasteiger partial charge in [0.15, 0.2) is 0 Å². The molecule has 2 aliphatic heterocycles. The van der Waals surface area contributed by atoms with Gasteiger partial charge in [0.25, 0.3) is 0 Å². The molecule has 6 heteroatoms. The highest BCUT2D eigenvalue weighted by Crippen LogP contribution is 2.35. The van der Waals surface area contributed by atoms with Crippen LogP contribution in [-0.4, -0.2) is 71.0 Å². The van der Waals surface area contributed by atoms with Gasteiger partial charge in [0, 0.05) is 57.1 Å². The monoisotopic (exact) mass is 329 g/mol. The van der Waals surface area contributed by atoms with Crippen molar-refractivity contribution in [2.45, 2.75) is 37.6 Å². The normalized spacial score (nSPS) is 29.1. The molecule has 3 heterocycles. The lowest BCUT2D eigenvalue weighted by Gasteiger charge is -2.49.